The summed E-state index contributed by atoms with van der Waals surface area (Å²) < 4.78 is 45.3. The molecule has 10 heteroatoms. The van der Waals surface area contributed by atoms with E-state index in [1.165, 1.54) is 6.26 Å². The maximum absolute atomic E-state index is 13.4. The highest BCUT2D eigenvalue weighted by atomic mass is 32.2. The molecule has 1 aliphatic rings. The molecule has 2 aromatic rings. The number of halogens is 3. The number of nitrogens with zero attached hydrogens (tertiary/aromatic N) is 2. The molecule has 26 heavy (non-hydrogen) atoms. The average molecular weight is 388 g/mol. The number of hydrogen-bond donors (Lipinski definition) is 2. The van der Waals surface area contributed by atoms with E-state index in [-0.39, 0.29) is 28.8 Å². The van der Waals surface area contributed by atoms with E-state index in [2.05, 4.69) is 20.5 Å². The summed E-state index contributed by atoms with van der Waals surface area (Å²) >= 11 is 0.283. The smallest absolute Gasteiger partial charge is 0.409 e. The van der Waals surface area contributed by atoms with Crippen LogP contribution < -0.4 is 5.32 Å². The molecule has 1 saturated carbocycles. The third-order valence-electron chi connectivity index (χ3n) is 4.18. The maximum atomic E-state index is 13.4. The predicted molar refractivity (Wildman–Crippen MR) is 89.4 cm³/mol. The highest BCUT2D eigenvalue weighted by Crippen LogP contribution is 2.35. The molecule has 0 radical (unpaired) electrons. The quantitative estimate of drug-likeness (QED) is 0.599. The second kappa shape index (κ2) is 8.15. The molecule has 1 aliphatic carbocycles. The van der Waals surface area contributed by atoms with Gasteiger partial charge in [-0.05, 0) is 25.0 Å². The van der Waals surface area contributed by atoms with Crippen molar-refractivity contribution < 1.29 is 22.4 Å². The molecule has 2 heterocycles. The lowest BCUT2D eigenvalue weighted by Gasteiger charge is -2.22. The number of aromatic nitrogens is 3. The first-order valence-corrected chi connectivity index (χ1v) is 9.31. The third kappa shape index (κ3) is 4.80. The highest BCUT2D eigenvalue weighted by Gasteiger charge is 2.47. The third-order valence-corrected chi connectivity index (χ3v) is 5.29. The lowest BCUT2D eigenvalue weighted by molar-refractivity contribution is -0.150. The topological polar surface area (TPSA) is 83.8 Å². The van der Waals surface area contributed by atoms with Crippen molar-refractivity contribution in [3.05, 3.63) is 18.4 Å². The Morgan fingerprint density at radius 3 is 2.65 bits per heavy atom. The summed E-state index contributed by atoms with van der Waals surface area (Å²) in [5.41, 5.74) is 0. The van der Waals surface area contributed by atoms with Gasteiger partial charge in [0, 0.05) is 6.04 Å². The largest absolute Gasteiger partial charge is 0.461 e. The molecule has 0 saturated heterocycles. The molecule has 0 aliphatic heterocycles. The van der Waals surface area contributed by atoms with Crippen molar-refractivity contribution in [3.8, 4) is 11.6 Å². The molecule has 3 rings (SSSR count). The Labute approximate surface area is 152 Å². The number of aromatic amines is 1. The number of furan rings is 1. The van der Waals surface area contributed by atoms with E-state index in [9.17, 15) is 18.0 Å². The minimum absolute atomic E-state index is 0.158. The first-order chi connectivity index (χ1) is 12.4. The van der Waals surface area contributed by atoms with Crippen molar-refractivity contribution >= 4 is 17.7 Å². The van der Waals surface area contributed by atoms with Crippen molar-refractivity contribution in [1.29, 1.82) is 0 Å². The number of alkyl halides is 3. The zero-order valence-corrected chi connectivity index (χ0v) is 14.7. The fourth-order valence-corrected chi connectivity index (χ4v) is 3.66. The summed E-state index contributed by atoms with van der Waals surface area (Å²) in [6, 6.07) is 3.03. The monoisotopic (exact) mass is 388 g/mol. The molecular formula is C16H19F3N4O2S. The zero-order valence-electron chi connectivity index (χ0n) is 13.9. The Morgan fingerprint density at radius 1 is 1.31 bits per heavy atom. The van der Waals surface area contributed by atoms with Gasteiger partial charge in [-0.1, -0.05) is 37.4 Å². The fourth-order valence-electron chi connectivity index (χ4n) is 2.90. The summed E-state index contributed by atoms with van der Waals surface area (Å²) in [5, 5.41) is 6.42. The van der Waals surface area contributed by atoms with Crippen LogP contribution in [0.15, 0.2) is 28.0 Å². The normalized spacial score (nSPS) is 17.7. The summed E-state index contributed by atoms with van der Waals surface area (Å²) in [5.74, 6) is -0.475. The Balaban J connectivity index is 1.69. The van der Waals surface area contributed by atoms with E-state index in [1.807, 2.05) is 0 Å². The van der Waals surface area contributed by atoms with Gasteiger partial charge in [0.2, 0.25) is 11.1 Å². The van der Waals surface area contributed by atoms with Crippen LogP contribution in [0.3, 0.4) is 0 Å². The maximum Gasteiger partial charge on any atom is 0.409 e. The van der Waals surface area contributed by atoms with E-state index in [1.54, 1.807) is 12.1 Å². The first kappa shape index (κ1) is 18.8. The Morgan fingerprint density at radius 2 is 2.04 bits per heavy atom. The molecule has 6 nitrogen and oxygen atoms in total. The van der Waals surface area contributed by atoms with Gasteiger partial charge in [-0.3, -0.25) is 9.89 Å². The molecule has 1 unspecified atom stereocenters. The van der Waals surface area contributed by atoms with Gasteiger partial charge >= 0.3 is 6.18 Å². The first-order valence-electron chi connectivity index (χ1n) is 8.43. The summed E-state index contributed by atoms with van der Waals surface area (Å²) in [7, 11) is 0. The van der Waals surface area contributed by atoms with Gasteiger partial charge in [-0.25, -0.2) is 0 Å². The van der Waals surface area contributed by atoms with Crippen molar-refractivity contribution in [2.24, 2.45) is 0 Å². The molecule has 2 aromatic heterocycles. The van der Waals surface area contributed by atoms with Crippen LogP contribution in [-0.2, 0) is 4.79 Å². The molecule has 142 valence electrons. The van der Waals surface area contributed by atoms with E-state index >= 15 is 0 Å². The van der Waals surface area contributed by atoms with Gasteiger partial charge in [0.15, 0.2) is 16.8 Å². The molecule has 2 N–H and O–H groups in total. The minimum Gasteiger partial charge on any atom is -0.461 e. The molecule has 1 atom stereocenters. The molecule has 0 aromatic carbocycles. The molecule has 0 bridgehead atoms. The van der Waals surface area contributed by atoms with E-state index in [0.29, 0.717) is 18.6 Å². The lowest BCUT2D eigenvalue weighted by atomic mass is 10.1. The standard InChI is InChI=1S/C16H19F3N4O2S/c17-16(18,19)12(14(24)20-10-6-3-1-2-4-7-10)26-15-21-13(22-23-15)11-8-5-9-25-11/h5,8-10,12H,1-4,6-7H2,(H,20,24)(H,21,22,23). The van der Waals surface area contributed by atoms with Gasteiger partial charge in [0.1, 0.15) is 0 Å². The Kier molecular flexibility index (Phi) is 5.90. The number of rotatable bonds is 5. The van der Waals surface area contributed by atoms with E-state index < -0.39 is 17.3 Å². The molecular weight excluding hydrogens is 369 g/mol. The van der Waals surface area contributed by atoms with Crippen LogP contribution in [-0.4, -0.2) is 38.6 Å². The summed E-state index contributed by atoms with van der Waals surface area (Å²) in [6.07, 6.45) is 2.08. The van der Waals surface area contributed by atoms with Crippen molar-refractivity contribution in [2.75, 3.05) is 0 Å². The molecule has 0 spiro atoms. The second-order valence-electron chi connectivity index (χ2n) is 6.18. The van der Waals surface area contributed by atoms with Gasteiger partial charge in [-0.15, -0.1) is 5.10 Å². The van der Waals surface area contributed by atoms with Gasteiger partial charge < -0.3 is 9.73 Å². The lowest BCUT2D eigenvalue weighted by Crippen LogP contribution is -2.46. The van der Waals surface area contributed by atoms with Crippen LogP contribution in [0.4, 0.5) is 13.2 Å². The van der Waals surface area contributed by atoms with Crippen LogP contribution in [0.25, 0.3) is 11.6 Å². The van der Waals surface area contributed by atoms with Gasteiger partial charge in [0.25, 0.3) is 0 Å². The molecule has 1 fully saturated rings. The van der Waals surface area contributed by atoms with E-state index in [0.717, 1.165) is 25.7 Å². The van der Waals surface area contributed by atoms with Crippen LogP contribution in [0.1, 0.15) is 38.5 Å². The summed E-state index contributed by atoms with van der Waals surface area (Å²) in [6.45, 7) is 0. The van der Waals surface area contributed by atoms with Crippen molar-refractivity contribution in [1.82, 2.24) is 20.5 Å². The molecule has 1 amide bonds. The number of hydrogen-bond acceptors (Lipinski definition) is 5. The van der Waals surface area contributed by atoms with Crippen LogP contribution in [0, 0.1) is 0 Å². The van der Waals surface area contributed by atoms with E-state index in [4.69, 9.17) is 4.42 Å². The van der Waals surface area contributed by atoms with Crippen LogP contribution >= 0.6 is 11.8 Å². The minimum atomic E-state index is -4.70. The van der Waals surface area contributed by atoms with Crippen LogP contribution in [0.2, 0.25) is 0 Å². The van der Waals surface area contributed by atoms with Crippen LogP contribution in [0.5, 0.6) is 0 Å². The van der Waals surface area contributed by atoms with Gasteiger partial charge in [0.05, 0.1) is 6.26 Å². The number of nitrogens with one attached hydrogen (secondary N) is 2. The highest BCUT2D eigenvalue weighted by molar-refractivity contribution is 8.00. The zero-order chi connectivity index (χ0) is 18.6. The number of carbonyl (C=O) groups excluding carboxylic acids is 1. The SMILES string of the molecule is O=C(NC1CCCCCC1)C(Sc1n[nH]c(-c2ccco2)n1)C(F)(F)F. The number of H-pyrrole nitrogens is 1. The second-order valence-corrected chi connectivity index (χ2v) is 7.25. The van der Waals surface area contributed by atoms with Gasteiger partial charge in [-0.2, -0.15) is 18.2 Å². The number of carbonyl (C=O) groups is 1. The Bertz CT molecular complexity index is 709. The average Bonchev–Trinajstić information content (AvgIpc) is 3.20. The summed E-state index contributed by atoms with van der Waals surface area (Å²) in [4.78, 5) is 16.2. The fraction of sp³-hybridized carbons (Fsp3) is 0.562. The van der Waals surface area contributed by atoms with Crippen molar-refractivity contribution in [3.63, 3.8) is 0 Å². The number of thioether (sulfide) groups is 1. The van der Waals surface area contributed by atoms with Crippen molar-refractivity contribution in [2.45, 2.75) is 61.1 Å². The Hall–Kier alpha value is -1.97. The predicted octanol–water partition coefficient (Wildman–Crippen LogP) is 3.93. The number of amides is 1.